The van der Waals surface area contributed by atoms with Crippen molar-refractivity contribution < 1.29 is 9.59 Å². The number of carbonyl (C=O) groups excluding carboxylic acids is 2. The molecule has 2 aliphatic rings. The van der Waals surface area contributed by atoms with Crippen LogP contribution in [0.3, 0.4) is 0 Å². The molecule has 2 amide bonds. The predicted molar refractivity (Wildman–Crippen MR) is 100 cm³/mol. The number of imide groups is 1. The van der Waals surface area contributed by atoms with E-state index in [-0.39, 0.29) is 18.4 Å². The first-order valence-corrected chi connectivity index (χ1v) is 9.11. The van der Waals surface area contributed by atoms with Gasteiger partial charge in [0.05, 0.1) is 10.6 Å². The molecule has 0 spiro atoms. The summed E-state index contributed by atoms with van der Waals surface area (Å²) in [5, 5.41) is 0.856. The van der Waals surface area contributed by atoms with E-state index in [1.165, 1.54) is 4.90 Å². The molecule has 1 aromatic carbocycles. The number of hydrogen-bond donors (Lipinski definition) is 0. The smallest absolute Gasteiger partial charge is 0.278 e. The minimum absolute atomic E-state index is 0.181. The van der Waals surface area contributed by atoms with Gasteiger partial charge >= 0.3 is 0 Å². The average molecular weight is 379 g/mol. The Hall–Kier alpha value is -1.78. The number of benzene rings is 1. The molecule has 0 aromatic heterocycles. The monoisotopic (exact) mass is 378 g/mol. The summed E-state index contributed by atoms with van der Waals surface area (Å²) in [6, 6.07) is 4.98. The predicted octanol–water partition coefficient (Wildman–Crippen LogP) is 3.99. The third kappa shape index (κ3) is 3.33. The fourth-order valence-corrected chi connectivity index (χ4v) is 3.82. The van der Waals surface area contributed by atoms with E-state index < -0.39 is 0 Å². The van der Waals surface area contributed by atoms with Gasteiger partial charge in [0.2, 0.25) is 0 Å². The number of likely N-dealkylation sites (tertiary alicyclic amines) is 1. The second-order valence-corrected chi connectivity index (χ2v) is 7.37. The van der Waals surface area contributed by atoms with Gasteiger partial charge in [-0.25, -0.2) is 0 Å². The third-order valence-electron chi connectivity index (χ3n) is 4.76. The Bertz CT molecular complexity index is 765. The maximum Gasteiger partial charge on any atom is 0.278 e. The SMILES string of the molecule is C=CCN1C(=O)C(c2ccc(Cl)cc2Cl)=C(N2CCC(C)CC2)C1=O. The molecule has 0 saturated carbocycles. The largest absolute Gasteiger partial charge is 0.366 e. The molecule has 0 bridgehead atoms. The van der Waals surface area contributed by atoms with Crippen LogP contribution in [0.4, 0.5) is 0 Å². The highest BCUT2D eigenvalue weighted by molar-refractivity contribution is 6.41. The van der Waals surface area contributed by atoms with Gasteiger partial charge in [0, 0.05) is 30.2 Å². The molecule has 0 aliphatic carbocycles. The number of halogens is 2. The fraction of sp³-hybridized carbons (Fsp3) is 0.368. The highest BCUT2D eigenvalue weighted by Gasteiger charge is 2.42. The van der Waals surface area contributed by atoms with Crippen LogP contribution in [0.25, 0.3) is 5.57 Å². The summed E-state index contributed by atoms with van der Waals surface area (Å²) in [5.41, 5.74) is 1.36. The van der Waals surface area contributed by atoms with Crippen LogP contribution in [0.5, 0.6) is 0 Å². The van der Waals surface area contributed by atoms with Gasteiger partial charge in [-0.15, -0.1) is 6.58 Å². The lowest BCUT2D eigenvalue weighted by atomic mass is 9.97. The Labute approximate surface area is 157 Å². The van der Waals surface area contributed by atoms with Gasteiger partial charge in [-0.1, -0.05) is 42.3 Å². The number of rotatable bonds is 4. The number of nitrogens with zero attached hydrogens (tertiary/aromatic N) is 2. The van der Waals surface area contributed by atoms with Crippen molar-refractivity contribution in [3.8, 4) is 0 Å². The van der Waals surface area contributed by atoms with E-state index in [0.717, 1.165) is 25.9 Å². The molecule has 1 fully saturated rings. The Morgan fingerprint density at radius 3 is 2.48 bits per heavy atom. The lowest BCUT2D eigenvalue weighted by molar-refractivity contribution is -0.137. The first-order valence-electron chi connectivity index (χ1n) is 8.35. The molecule has 0 unspecified atom stereocenters. The molecule has 3 rings (SSSR count). The van der Waals surface area contributed by atoms with Gasteiger partial charge in [0.1, 0.15) is 5.70 Å². The summed E-state index contributed by atoms with van der Waals surface area (Å²) >= 11 is 12.3. The fourth-order valence-electron chi connectivity index (χ4n) is 3.32. The second-order valence-electron chi connectivity index (χ2n) is 6.53. The lowest BCUT2D eigenvalue weighted by Crippen LogP contribution is -2.38. The highest BCUT2D eigenvalue weighted by Crippen LogP contribution is 2.37. The maximum atomic E-state index is 12.9. The number of hydrogen-bond acceptors (Lipinski definition) is 3. The van der Waals surface area contributed by atoms with Crippen LogP contribution in [-0.4, -0.2) is 41.2 Å². The van der Waals surface area contributed by atoms with Gasteiger partial charge in [-0.2, -0.15) is 0 Å². The Morgan fingerprint density at radius 1 is 1.20 bits per heavy atom. The molecule has 6 heteroatoms. The molecule has 2 heterocycles. The molecular weight excluding hydrogens is 359 g/mol. The quantitative estimate of drug-likeness (QED) is 0.587. The third-order valence-corrected chi connectivity index (χ3v) is 5.30. The summed E-state index contributed by atoms with van der Waals surface area (Å²) in [6.45, 7) is 7.54. The molecule has 4 nitrogen and oxygen atoms in total. The first kappa shape index (κ1) is 18.0. The zero-order chi connectivity index (χ0) is 18.1. The maximum absolute atomic E-state index is 12.9. The molecule has 0 radical (unpaired) electrons. The Morgan fingerprint density at radius 2 is 1.88 bits per heavy atom. The van der Waals surface area contributed by atoms with Gasteiger partial charge in [0.15, 0.2) is 0 Å². The van der Waals surface area contributed by atoms with Gasteiger partial charge < -0.3 is 4.90 Å². The van der Waals surface area contributed by atoms with Crippen molar-refractivity contribution in [2.24, 2.45) is 5.92 Å². The lowest BCUT2D eigenvalue weighted by Gasteiger charge is -2.32. The summed E-state index contributed by atoms with van der Waals surface area (Å²) in [5.74, 6) is 0.0131. The molecule has 0 atom stereocenters. The minimum atomic E-state index is -0.331. The molecule has 1 saturated heterocycles. The van der Waals surface area contributed by atoms with Crippen LogP contribution in [0.2, 0.25) is 10.0 Å². The van der Waals surface area contributed by atoms with Crippen molar-refractivity contribution in [1.29, 1.82) is 0 Å². The van der Waals surface area contributed by atoms with Crippen LogP contribution in [0, 0.1) is 5.92 Å². The van der Waals surface area contributed by atoms with E-state index in [2.05, 4.69) is 13.5 Å². The normalized spacial score (nSPS) is 19.2. The van der Waals surface area contributed by atoms with Gasteiger partial charge in [-0.05, 0) is 30.9 Å². The Kier molecular flexibility index (Phi) is 5.21. The van der Waals surface area contributed by atoms with Gasteiger partial charge in [-0.3, -0.25) is 14.5 Å². The van der Waals surface area contributed by atoms with Crippen molar-refractivity contribution in [2.45, 2.75) is 19.8 Å². The summed E-state index contributed by atoms with van der Waals surface area (Å²) in [6.07, 6.45) is 3.54. The highest BCUT2D eigenvalue weighted by atomic mass is 35.5. The minimum Gasteiger partial charge on any atom is -0.366 e. The number of carbonyl (C=O) groups is 2. The molecular formula is C19H20Cl2N2O2. The van der Waals surface area contributed by atoms with Crippen molar-refractivity contribution in [3.05, 3.63) is 52.2 Å². The van der Waals surface area contributed by atoms with Crippen molar-refractivity contribution >= 4 is 40.6 Å². The summed E-state index contributed by atoms with van der Waals surface area (Å²) in [4.78, 5) is 29.1. The molecule has 0 N–H and O–H groups in total. The summed E-state index contributed by atoms with van der Waals surface area (Å²) in [7, 11) is 0. The number of piperidine rings is 1. The van der Waals surface area contributed by atoms with Crippen LogP contribution < -0.4 is 0 Å². The van der Waals surface area contributed by atoms with E-state index in [1.54, 1.807) is 24.3 Å². The molecule has 132 valence electrons. The van der Waals surface area contributed by atoms with E-state index in [4.69, 9.17) is 23.2 Å². The van der Waals surface area contributed by atoms with Crippen molar-refractivity contribution in [3.63, 3.8) is 0 Å². The molecule has 1 aromatic rings. The zero-order valence-corrected chi connectivity index (χ0v) is 15.6. The Balaban J connectivity index is 2.10. The second kappa shape index (κ2) is 7.22. The average Bonchev–Trinajstić information content (AvgIpc) is 2.81. The standard InChI is InChI=1S/C19H20Cl2N2O2/c1-3-8-23-18(24)16(14-5-4-13(20)11-15(14)21)17(19(23)25)22-9-6-12(2)7-10-22/h3-5,11-12H,1,6-10H2,2H3. The van der Waals surface area contributed by atoms with Crippen LogP contribution in [0.15, 0.2) is 36.6 Å². The molecule has 2 aliphatic heterocycles. The van der Waals surface area contributed by atoms with E-state index in [9.17, 15) is 9.59 Å². The van der Waals surface area contributed by atoms with Crippen LogP contribution >= 0.6 is 23.2 Å². The van der Waals surface area contributed by atoms with Gasteiger partial charge in [0.25, 0.3) is 11.8 Å². The van der Waals surface area contributed by atoms with E-state index in [1.807, 2.05) is 4.90 Å². The summed E-state index contributed by atoms with van der Waals surface area (Å²) < 4.78 is 0. The van der Waals surface area contributed by atoms with Crippen LogP contribution in [0.1, 0.15) is 25.3 Å². The molecule has 25 heavy (non-hydrogen) atoms. The topological polar surface area (TPSA) is 40.6 Å². The van der Waals surface area contributed by atoms with E-state index >= 15 is 0 Å². The van der Waals surface area contributed by atoms with E-state index in [0.29, 0.717) is 32.8 Å². The van der Waals surface area contributed by atoms with Crippen molar-refractivity contribution in [2.75, 3.05) is 19.6 Å². The van der Waals surface area contributed by atoms with Crippen molar-refractivity contribution in [1.82, 2.24) is 9.80 Å². The number of amides is 2. The first-order chi connectivity index (χ1) is 11.9. The zero-order valence-electron chi connectivity index (χ0n) is 14.1. The van der Waals surface area contributed by atoms with Crippen LogP contribution in [-0.2, 0) is 9.59 Å².